The van der Waals surface area contributed by atoms with Crippen LogP contribution in [-0.4, -0.2) is 35.7 Å². The maximum absolute atomic E-state index is 14.0. The van der Waals surface area contributed by atoms with Gasteiger partial charge in [0.25, 0.3) is 10.0 Å². The summed E-state index contributed by atoms with van der Waals surface area (Å²) < 4.78 is 50.0. The molecule has 1 heterocycles. The number of benzene rings is 2. The van der Waals surface area contributed by atoms with Gasteiger partial charge in [0.2, 0.25) is 0 Å². The van der Waals surface area contributed by atoms with E-state index >= 15 is 0 Å². The van der Waals surface area contributed by atoms with Crippen LogP contribution in [0.25, 0.3) is 6.08 Å². The lowest BCUT2D eigenvalue weighted by atomic mass is 10.2. The first-order valence-corrected chi connectivity index (χ1v) is 11.4. The van der Waals surface area contributed by atoms with Crippen molar-refractivity contribution in [2.45, 2.75) is 18.4 Å². The maximum Gasteiger partial charge on any atom is 0.330 e. The molecule has 0 bridgehead atoms. The highest BCUT2D eigenvalue weighted by atomic mass is 32.2. The number of nitrogens with zero attached hydrogens (tertiary/aromatic N) is 1. The number of anilines is 1. The molecule has 0 saturated heterocycles. The molecule has 0 aliphatic rings. The Bertz CT molecular complexity index is 1230. The van der Waals surface area contributed by atoms with Crippen LogP contribution in [0.2, 0.25) is 0 Å². The van der Waals surface area contributed by atoms with Gasteiger partial charge in [-0.05, 0) is 55.0 Å². The highest BCUT2D eigenvalue weighted by molar-refractivity contribution is 7.93. The molecule has 3 aromatic rings. The smallest absolute Gasteiger partial charge is 0.330 e. The summed E-state index contributed by atoms with van der Waals surface area (Å²) >= 11 is 0. The van der Waals surface area contributed by atoms with Gasteiger partial charge in [0.05, 0.1) is 39.8 Å². The van der Waals surface area contributed by atoms with Crippen LogP contribution in [0.15, 0.2) is 70.2 Å². The van der Waals surface area contributed by atoms with E-state index in [1.165, 1.54) is 50.1 Å². The Morgan fingerprint density at radius 2 is 1.79 bits per heavy atom. The van der Waals surface area contributed by atoms with Gasteiger partial charge in [-0.2, -0.15) is 0 Å². The summed E-state index contributed by atoms with van der Waals surface area (Å²) in [7, 11) is -0.141. The molecule has 0 N–H and O–H groups in total. The standard InChI is InChI=1S/C24H25NO7S/c1-17-7-10-19(11-8-17)25(16-20-6-5-13-32-20)33(27,28)22-15-18(9-12-23(26)30-3)14-21(29-2)24(22)31-4/h5-15H,16H2,1-4H3/b12-9+. The van der Waals surface area contributed by atoms with Gasteiger partial charge >= 0.3 is 5.97 Å². The molecule has 0 aliphatic carbocycles. The van der Waals surface area contributed by atoms with Crippen LogP contribution in [0, 0.1) is 6.92 Å². The number of esters is 1. The molecule has 0 saturated carbocycles. The fourth-order valence-electron chi connectivity index (χ4n) is 3.16. The van der Waals surface area contributed by atoms with E-state index in [0.717, 1.165) is 5.56 Å². The summed E-state index contributed by atoms with van der Waals surface area (Å²) in [6, 6.07) is 13.5. The van der Waals surface area contributed by atoms with Crippen LogP contribution < -0.4 is 13.8 Å². The van der Waals surface area contributed by atoms with Crippen molar-refractivity contribution >= 4 is 27.8 Å². The molecule has 0 unspecified atom stereocenters. The van der Waals surface area contributed by atoms with Gasteiger partial charge in [-0.25, -0.2) is 13.2 Å². The van der Waals surface area contributed by atoms with Gasteiger partial charge < -0.3 is 18.6 Å². The van der Waals surface area contributed by atoms with Crippen LogP contribution in [0.4, 0.5) is 5.69 Å². The first kappa shape index (κ1) is 23.9. The highest BCUT2D eigenvalue weighted by Crippen LogP contribution is 2.39. The van der Waals surface area contributed by atoms with Crippen molar-refractivity contribution in [1.82, 2.24) is 0 Å². The number of carbonyl (C=O) groups excluding carboxylic acids is 1. The average molecular weight is 472 g/mol. The zero-order chi connectivity index (χ0) is 24.0. The third-order valence-electron chi connectivity index (χ3n) is 4.85. The van der Waals surface area contributed by atoms with E-state index in [2.05, 4.69) is 4.74 Å². The second-order valence-electron chi connectivity index (χ2n) is 7.04. The summed E-state index contributed by atoms with van der Waals surface area (Å²) in [5.74, 6) is 0.134. The van der Waals surface area contributed by atoms with Crippen molar-refractivity contribution in [2.75, 3.05) is 25.6 Å². The van der Waals surface area contributed by atoms with E-state index in [1.807, 2.05) is 19.1 Å². The van der Waals surface area contributed by atoms with Gasteiger partial charge in [0, 0.05) is 6.08 Å². The molecule has 0 spiro atoms. The number of carbonyl (C=O) groups is 1. The zero-order valence-electron chi connectivity index (χ0n) is 18.8. The maximum atomic E-state index is 14.0. The van der Waals surface area contributed by atoms with E-state index in [-0.39, 0.29) is 22.9 Å². The minimum atomic E-state index is -4.17. The van der Waals surface area contributed by atoms with Gasteiger partial charge in [-0.15, -0.1) is 0 Å². The van der Waals surface area contributed by atoms with E-state index < -0.39 is 16.0 Å². The van der Waals surface area contributed by atoms with Crippen LogP contribution in [0.3, 0.4) is 0 Å². The second-order valence-corrected chi connectivity index (χ2v) is 8.87. The molecule has 0 amide bonds. The average Bonchev–Trinajstić information content (AvgIpc) is 3.34. The normalized spacial score (nSPS) is 11.4. The number of sulfonamides is 1. The number of furan rings is 1. The van der Waals surface area contributed by atoms with E-state index in [9.17, 15) is 13.2 Å². The van der Waals surface area contributed by atoms with Crippen LogP contribution >= 0.6 is 0 Å². The topological polar surface area (TPSA) is 95.3 Å². The van der Waals surface area contributed by atoms with E-state index in [4.69, 9.17) is 13.9 Å². The number of hydrogen-bond donors (Lipinski definition) is 0. The van der Waals surface area contributed by atoms with Gasteiger partial charge in [0.1, 0.15) is 10.7 Å². The van der Waals surface area contributed by atoms with E-state index in [0.29, 0.717) is 17.0 Å². The Labute approximate surface area is 193 Å². The fourth-order valence-corrected chi connectivity index (χ4v) is 4.80. The van der Waals surface area contributed by atoms with Crippen molar-refractivity contribution in [3.63, 3.8) is 0 Å². The molecule has 0 aliphatic heterocycles. The lowest BCUT2D eigenvalue weighted by Crippen LogP contribution is -2.31. The summed E-state index contributed by atoms with van der Waals surface area (Å²) in [5.41, 5.74) is 1.86. The third kappa shape index (κ3) is 5.38. The minimum Gasteiger partial charge on any atom is -0.493 e. The second kappa shape index (κ2) is 10.3. The zero-order valence-corrected chi connectivity index (χ0v) is 19.6. The minimum absolute atomic E-state index is 0.0356. The first-order chi connectivity index (χ1) is 15.8. The summed E-state index contributed by atoms with van der Waals surface area (Å²) in [6.07, 6.45) is 4.12. The largest absolute Gasteiger partial charge is 0.493 e. The molecule has 2 aromatic carbocycles. The third-order valence-corrected chi connectivity index (χ3v) is 6.63. The SMILES string of the molecule is COC(=O)/C=C/c1cc(OC)c(OC)c(S(=O)(=O)N(Cc2ccco2)c2ccc(C)cc2)c1. The number of rotatable bonds is 9. The van der Waals surface area contributed by atoms with Crippen molar-refractivity contribution in [3.8, 4) is 11.5 Å². The number of methoxy groups -OCH3 is 3. The lowest BCUT2D eigenvalue weighted by molar-refractivity contribution is -0.134. The number of hydrogen-bond acceptors (Lipinski definition) is 7. The van der Waals surface area contributed by atoms with E-state index in [1.54, 1.807) is 30.3 Å². The molecule has 0 fully saturated rings. The van der Waals surface area contributed by atoms with Crippen LogP contribution in [0.5, 0.6) is 11.5 Å². The quantitative estimate of drug-likeness (QED) is 0.341. The Morgan fingerprint density at radius 3 is 2.36 bits per heavy atom. The molecule has 3 rings (SSSR count). The van der Waals surface area contributed by atoms with Crippen molar-refractivity contribution < 1.29 is 31.8 Å². The summed E-state index contributed by atoms with van der Waals surface area (Å²) in [6.45, 7) is 1.88. The lowest BCUT2D eigenvalue weighted by Gasteiger charge is -2.25. The Kier molecular flexibility index (Phi) is 7.44. The first-order valence-electron chi connectivity index (χ1n) is 9.94. The van der Waals surface area contributed by atoms with Gasteiger partial charge in [-0.3, -0.25) is 4.31 Å². The molecule has 0 radical (unpaired) electrons. The Morgan fingerprint density at radius 1 is 1.06 bits per heavy atom. The summed E-state index contributed by atoms with van der Waals surface area (Å²) in [4.78, 5) is 11.4. The summed E-state index contributed by atoms with van der Waals surface area (Å²) in [5, 5.41) is 0. The predicted molar refractivity (Wildman–Crippen MR) is 124 cm³/mol. The monoisotopic (exact) mass is 471 g/mol. The molecule has 0 atom stereocenters. The highest BCUT2D eigenvalue weighted by Gasteiger charge is 2.31. The molecule has 1 aromatic heterocycles. The molecule has 9 heteroatoms. The molecule has 33 heavy (non-hydrogen) atoms. The van der Waals surface area contributed by atoms with Crippen LogP contribution in [0.1, 0.15) is 16.9 Å². The van der Waals surface area contributed by atoms with Crippen molar-refractivity contribution in [1.29, 1.82) is 0 Å². The predicted octanol–water partition coefficient (Wildman–Crippen LogP) is 4.19. The number of aryl methyl sites for hydroxylation is 1. The van der Waals surface area contributed by atoms with Crippen LogP contribution in [-0.2, 0) is 26.1 Å². The van der Waals surface area contributed by atoms with Gasteiger partial charge in [-0.1, -0.05) is 17.7 Å². The Balaban J connectivity index is 2.19. The van der Waals surface area contributed by atoms with Crippen molar-refractivity contribution in [3.05, 3.63) is 77.8 Å². The molecular formula is C24H25NO7S. The Hall–Kier alpha value is -3.72. The molecular weight excluding hydrogens is 446 g/mol. The molecule has 174 valence electrons. The number of ether oxygens (including phenoxy) is 3. The fraction of sp³-hybridized carbons (Fsp3) is 0.208. The van der Waals surface area contributed by atoms with Gasteiger partial charge in [0.15, 0.2) is 11.5 Å². The van der Waals surface area contributed by atoms with Crippen molar-refractivity contribution in [2.24, 2.45) is 0 Å². The molecule has 8 nitrogen and oxygen atoms in total.